The zero-order valence-electron chi connectivity index (χ0n) is 22.6. The normalized spacial score (nSPS) is 21.3. The van der Waals surface area contributed by atoms with E-state index >= 15 is 4.39 Å². The molecule has 0 saturated heterocycles. The molecule has 6 nitrogen and oxygen atoms in total. The summed E-state index contributed by atoms with van der Waals surface area (Å²) in [5.74, 6) is -1.49. The average molecular weight is 520 g/mol. The molecular formula is C27H39F2N3O3Si. The quantitative estimate of drug-likeness (QED) is 0.345. The molecule has 1 heterocycles. The van der Waals surface area contributed by atoms with E-state index in [0.29, 0.717) is 29.8 Å². The van der Waals surface area contributed by atoms with Gasteiger partial charge in [0.2, 0.25) is 0 Å². The number of nitrogen functional groups attached to an aromatic ring is 1. The maximum atomic E-state index is 15.2. The summed E-state index contributed by atoms with van der Waals surface area (Å²) in [5, 5.41) is 0.00913. The highest BCUT2D eigenvalue weighted by Gasteiger charge is 2.43. The molecule has 0 spiro atoms. The Morgan fingerprint density at radius 3 is 2.36 bits per heavy atom. The number of halogens is 2. The van der Waals surface area contributed by atoms with Gasteiger partial charge in [0.25, 0.3) is 0 Å². The molecule has 0 bridgehead atoms. The fourth-order valence-electron chi connectivity index (χ4n) is 4.03. The topological polar surface area (TPSA) is 87.3 Å². The molecule has 36 heavy (non-hydrogen) atoms. The lowest BCUT2D eigenvalue weighted by Gasteiger charge is -2.42. The summed E-state index contributed by atoms with van der Waals surface area (Å²) >= 11 is 0. The zero-order valence-corrected chi connectivity index (χ0v) is 23.6. The van der Waals surface area contributed by atoms with Crippen molar-refractivity contribution in [2.24, 2.45) is 0 Å². The van der Waals surface area contributed by atoms with E-state index < -0.39 is 38.0 Å². The molecule has 1 aromatic carbocycles. The second-order valence-electron chi connectivity index (χ2n) is 12.2. The van der Waals surface area contributed by atoms with Crippen molar-refractivity contribution in [3.05, 3.63) is 41.5 Å². The van der Waals surface area contributed by atoms with Gasteiger partial charge in [-0.05, 0) is 70.3 Å². The number of nitrogens with zero attached hydrogens (tertiary/aromatic N) is 2. The monoisotopic (exact) mass is 519 g/mol. The van der Waals surface area contributed by atoms with Crippen molar-refractivity contribution in [2.75, 3.05) is 5.73 Å². The van der Waals surface area contributed by atoms with Gasteiger partial charge in [-0.15, -0.1) is 0 Å². The first-order valence-electron chi connectivity index (χ1n) is 12.5. The fourth-order valence-corrected chi connectivity index (χ4v) is 5.40. The molecule has 9 heteroatoms. The zero-order chi connectivity index (χ0) is 27.1. The fraction of sp³-hybridized carbons (Fsp3) is 0.593. The number of benzene rings is 1. The van der Waals surface area contributed by atoms with Crippen LogP contribution in [0.2, 0.25) is 18.1 Å². The van der Waals surface area contributed by atoms with Crippen LogP contribution in [0.25, 0.3) is 11.3 Å². The predicted octanol–water partition coefficient (Wildman–Crippen LogP) is 6.82. The molecule has 3 unspecified atom stereocenters. The van der Waals surface area contributed by atoms with E-state index in [2.05, 4.69) is 43.8 Å². The number of ether oxygens (including phenoxy) is 1. The van der Waals surface area contributed by atoms with Crippen LogP contribution in [0.1, 0.15) is 82.8 Å². The van der Waals surface area contributed by atoms with Crippen LogP contribution in [-0.4, -0.2) is 42.1 Å². The van der Waals surface area contributed by atoms with Crippen molar-refractivity contribution in [2.45, 2.75) is 103 Å². The van der Waals surface area contributed by atoms with Gasteiger partial charge in [-0.25, -0.2) is 23.5 Å². The molecule has 3 atom stereocenters. The minimum Gasteiger partial charge on any atom is -0.456 e. The Labute approximate surface area is 214 Å². The molecule has 2 N–H and O–H groups in total. The van der Waals surface area contributed by atoms with E-state index in [4.69, 9.17) is 14.9 Å². The number of aromatic nitrogens is 2. The van der Waals surface area contributed by atoms with Gasteiger partial charge in [0.05, 0.1) is 23.6 Å². The summed E-state index contributed by atoms with van der Waals surface area (Å²) in [6.45, 7) is 15.9. The Kier molecular flexibility index (Phi) is 7.96. The molecule has 1 saturated carbocycles. The summed E-state index contributed by atoms with van der Waals surface area (Å²) < 4.78 is 41.7. The van der Waals surface area contributed by atoms with Crippen LogP contribution in [0.3, 0.4) is 0 Å². The third-order valence-electron chi connectivity index (χ3n) is 7.06. The van der Waals surface area contributed by atoms with Crippen molar-refractivity contribution in [1.82, 2.24) is 9.97 Å². The SMILES string of the molecule is CC(C)(C)OC(=O)c1ccc(-c2nc(C3CCC(O[Si](C)(C)C(C)(C)C)C(F)C3)cnc2N)cc1F. The standard InChI is InChI=1S/C27H39F2N3O3Si/c1-26(2,3)34-25(33)18-11-9-17(14-19(18)28)23-24(30)31-15-21(32-23)16-10-12-22(20(29)13-16)35-36(7,8)27(4,5)6/h9,11,14-16,20,22H,10,12-13H2,1-8H3,(H2,30,31). The summed E-state index contributed by atoms with van der Waals surface area (Å²) in [7, 11) is -2.08. The van der Waals surface area contributed by atoms with Gasteiger partial charge in [0.1, 0.15) is 29.1 Å². The molecule has 0 amide bonds. The Balaban J connectivity index is 1.79. The van der Waals surface area contributed by atoms with Gasteiger partial charge in [0, 0.05) is 11.5 Å². The van der Waals surface area contributed by atoms with E-state index in [1.807, 2.05) is 0 Å². The third kappa shape index (κ3) is 6.48. The van der Waals surface area contributed by atoms with Crippen LogP contribution >= 0.6 is 0 Å². The lowest BCUT2D eigenvalue weighted by atomic mass is 9.84. The summed E-state index contributed by atoms with van der Waals surface area (Å²) in [4.78, 5) is 21.2. The minimum atomic E-state index is -2.08. The Hall–Kier alpha value is -2.39. The molecule has 1 aliphatic rings. The number of carbonyl (C=O) groups is 1. The van der Waals surface area contributed by atoms with Gasteiger partial charge in [-0.3, -0.25) is 0 Å². The first-order chi connectivity index (χ1) is 16.5. The Morgan fingerprint density at radius 1 is 1.14 bits per heavy atom. The number of esters is 1. The number of carbonyl (C=O) groups excluding carboxylic acids is 1. The largest absolute Gasteiger partial charge is 0.456 e. The third-order valence-corrected chi connectivity index (χ3v) is 11.6. The second kappa shape index (κ2) is 10.2. The molecule has 2 aromatic rings. The van der Waals surface area contributed by atoms with Crippen LogP contribution in [0, 0.1) is 5.82 Å². The second-order valence-corrected chi connectivity index (χ2v) is 16.9. The van der Waals surface area contributed by atoms with Crippen molar-refractivity contribution < 1.29 is 22.7 Å². The number of nitrogens with two attached hydrogens (primary N) is 1. The average Bonchev–Trinajstić information content (AvgIpc) is 2.73. The molecule has 3 rings (SSSR count). The highest BCUT2D eigenvalue weighted by Crippen LogP contribution is 2.42. The lowest BCUT2D eigenvalue weighted by molar-refractivity contribution is 0.00647. The summed E-state index contributed by atoms with van der Waals surface area (Å²) in [6, 6.07) is 4.12. The number of alkyl halides is 1. The highest BCUT2D eigenvalue weighted by molar-refractivity contribution is 6.74. The number of hydrogen-bond acceptors (Lipinski definition) is 6. The van der Waals surface area contributed by atoms with E-state index in [1.54, 1.807) is 33.0 Å². The van der Waals surface area contributed by atoms with E-state index in [-0.39, 0.29) is 28.8 Å². The van der Waals surface area contributed by atoms with Crippen molar-refractivity contribution >= 4 is 20.1 Å². The Bertz CT molecular complexity index is 1110. The lowest BCUT2D eigenvalue weighted by Crippen LogP contribution is -2.47. The van der Waals surface area contributed by atoms with Crippen LogP contribution in [0.15, 0.2) is 24.4 Å². The van der Waals surface area contributed by atoms with Crippen LogP contribution in [-0.2, 0) is 9.16 Å². The van der Waals surface area contributed by atoms with Crippen LogP contribution < -0.4 is 5.73 Å². The molecule has 1 aromatic heterocycles. The van der Waals surface area contributed by atoms with E-state index in [0.717, 1.165) is 0 Å². The van der Waals surface area contributed by atoms with Crippen molar-refractivity contribution in [1.29, 1.82) is 0 Å². The predicted molar refractivity (Wildman–Crippen MR) is 141 cm³/mol. The first kappa shape index (κ1) is 28.2. The highest BCUT2D eigenvalue weighted by atomic mass is 28.4. The molecule has 0 radical (unpaired) electrons. The summed E-state index contributed by atoms with van der Waals surface area (Å²) in [6.07, 6.45) is 1.63. The number of anilines is 1. The maximum Gasteiger partial charge on any atom is 0.341 e. The van der Waals surface area contributed by atoms with Gasteiger partial charge in [0.15, 0.2) is 8.32 Å². The van der Waals surface area contributed by atoms with Crippen LogP contribution in [0.4, 0.5) is 14.6 Å². The molecular weight excluding hydrogens is 480 g/mol. The van der Waals surface area contributed by atoms with E-state index in [1.165, 1.54) is 12.1 Å². The van der Waals surface area contributed by atoms with Crippen LogP contribution in [0.5, 0.6) is 0 Å². The smallest absolute Gasteiger partial charge is 0.341 e. The molecule has 1 aliphatic carbocycles. The van der Waals surface area contributed by atoms with Crippen molar-refractivity contribution in [3.8, 4) is 11.3 Å². The minimum absolute atomic E-state index is 0.00913. The molecule has 198 valence electrons. The Morgan fingerprint density at radius 2 is 1.81 bits per heavy atom. The van der Waals surface area contributed by atoms with Gasteiger partial charge in [-0.2, -0.15) is 0 Å². The van der Waals surface area contributed by atoms with Gasteiger partial charge >= 0.3 is 5.97 Å². The first-order valence-corrected chi connectivity index (χ1v) is 15.4. The van der Waals surface area contributed by atoms with E-state index in [9.17, 15) is 9.18 Å². The number of rotatable bonds is 5. The van der Waals surface area contributed by atoms with Crippen molar-refractivity contribution in [3.63, 3.8) is 0 Å². The van der Waals surface area contributed by atoms with Gasteiger partial charge < -0.3 is 14.9 Å². The maximum absolute atomic E-state index is 15.2. The number of hydrogen-bond donors (Lipinski definition) is 1. The van der Waals surface area contributed by atoms with Gasteiger partial charge in [-0.1, -0.05) is 26.8 Å². The molecule has 0 aliphatic heterocycles. The summed E-state index contributed by atoms with van der Waals surface area (Å²) in [5.41, 5.74) is 6.46. The molecule has 1 fully saturated rings.